The molecule has 0 aliphatic heterocycles. The third-order valence-corrected chi connectivity index (χ3v) is 10.2. The molecule has 2 amide bonds. The van der Waals surface area contributed by atoms with E-state index in [0.29, 0.717) is 0 Å². The van der Waals surface area contributed by atoms with Crippen molar-refractivity contribution in [1.29, 1.82) is 0 Å². The Hall–Kier alpha value is -3.22. The van der Waals surface area contributed by atoms with Gasteiger partial charge in [-0.3, -0.25) is 9.32 Å². The quantitative estimate of drug-likeness (QED) is 0.407. The Labute approximate surface area is 190 Å². The minimum atomic E-state index is -3.14. The Morgan fingerprint density at radius 1 is 0.781 bits per heavy atom. The van der Waals surface area contributed by atoms with Crippen LogP contribution in [0.4, 0.5) is 4.79 Å². The van der Waals surface area contributed by atoms with Gasteiger partial charge in [-0.05, 0) is 21.0 Å². The summed E-state index contributed by atoms with van der Waals surface area (Å²) in [5, 5.41) is 2.31. The van der Waals surface area contributed by atoms with Crippen molar-refractivity contribution in [2.24, 2.45) is 0 Å². The Morgan fingerprint density at radius 2 is 1.22 bits per heavy atom. The molecule has 3 rings (SSSR count). The predicted octanol–water partition coefficient (Wildman–Crippen LogP) is 4.66. The van der Waals surface area contributed by atoms with Gasteiger partial charge in [-0.1, -0.05) is 112 Å². The van der Waals surface area contributed by atoms with E-state index in [2.05, 4.69) is 20.8 Å². The molecule has 0 unspecified atom stereocenters. The van der Waals surface area contributed by atoms with E-state index in [9.17, 15) is 9.59 Å². The van der Waals surface area contributed by atoms with Crippen LogP contribution in [0.5, 0.6) is 0 Å². The van der Waals surface area contributed by atoms with Gasteiger partial charge in [-0.25, -0.2) is 4.79 Å². The molecule has 5 nitrogen and oxygen atoms in total. The van der Waals surface area contributed by atoms with E-state index >= 15 is 0 Å². The molecule has 0 aliphatic rings. The highest BCUT2D eigenvalue weighted by atomic mass is 28.4. The molecule has 32 heavy (non-hydrogen) atoms. The van der Waals surface area contributed by atoms with Crippen LogP contribution in [0.15, 0.2) is 91.0 Å². The van der Waals surface area contributed by atoms with Gasteiger partial charge < -0.3 is 4.74 Å². The fraction of sp³-hybridized carbons (Fsp3) is 0.231. The average molecular weight is 448 g/mol. The largest absolute Gasteiger partial charge is 0.443 e. The number of carbonyl (C=O) groups excluding carboxylic acids is 2. The molecule has 0 aromatic heterocycles. The first-order valence-electron chi connectivity index (χ1n) is 10.6. The fourth-order valence-electron chi connectivity index (χ4n) is 3.77. The third kappa shape index (κ3) is 4.98. The van der Waals surface area contributed by atoms with E-state index in [-0.39, 0.29) is 6.61 Å². The van der Waals surface area contributed by atoms with Crippen LogP contribution in [-0.4, -0.2) is 25.4 Å². The van der Waals surface area contributed by atoms with Gasteiger partial charge in [0.1, 0.15) is 6.61 Å². The molecule has 166 valence electrons. The van der Waals surface area contributed by atoms with E-state index in [0.717, 1.165) is 21.0 Å². The summed E-state index contributed by atoms with van der Waals surface area (Å²) >= 11 is 0. The molecule has 0 atom stereocenters. The number of hydrogen-bond donors (Lipinski definition) is 0. The highest BCUT2D eigenvalue weighted by molar-refractivity contribution is 6.99. The lowest BCUT2D eigenvalue weighted by Crippen LogP contribution is -2.69. The first-order chi connectivity index (χ1) is 15.3. The van der Waals surface area contributed by atoms with Crippen LogP contribution >= 0.6 is 0 Å². The molecule has 0 N–H and O–H groups in total. The second-order valence-corrected chi connectivity index (χ2v) is 12.8. The Kier molecular flexibility index (Phi) is 7.28. The molecule has 0 aliphatic carbocycles. The molecule has 0 saturated heterocycles. The summed E-state index contributed by atoms with van der Waals surface area (Å²) in [5.74, 6) is -0.531. The predicted molar refractivity (Wildman–Crippen MR) is 128 cm³/mol. The number of hydroxylamine groups is 2. The molecular formula is C26H29NO4Si. The number of rotatable bonds is 6. The van der Waals surface area contributed by atoms with Crippen LogP contribution in [0.3, 0.4) is 0 Å². The number of imide groups is 1. The van der Waals surface area contributed by atoms with Crippen LogP contribution in [0.2, 0.25) is 5.04 Å². The van der Waals surface area contributed by atoms with Gasteiger partial charge in [-0.15, -0.1) is 5.06 Å². The maximum atomic E-state index is 13.0. The van der Waals surface area contributed by atoms with Crippen molar-refractivity contribution >= 4 is 30.7 Å². The molecule has 0 bridgehead atoms. The summed E-state index contributed by atoms with van der Waals surface area (Å²) in [6, 6.07) is 29.0. The number of ether oxygens (including phenoxy) is 1. The lowest BCUT2D eigenvalue weighted by molar-refractivity contribution is -0.150. The van der Waals surface area contributed by atoms with Gasteiger partial charge >= 0.3 is 6.09 Å². The van der Waals surface area contributed by atoms with Crippen LogP contribution < -0.4 is 10.4 Å². The zero-order chi connectivity index (χ0) is 23.2. The normalized spacial score (nSPS) is 11.6. The fourth-order valence-corrected chi connectivity index (χ4v) is 8.12. The van der Waals surface area contributed by atoms with Gasteiger partial charge in [0.25, 0.3) is 14.2 Å². The number of amides is 2. The van der Waals surface area contributed by atoms with Crippen LogP contribution in [0, 0.1) is 0 Å². The lowest BCUT2D eigenvalue weighted by Gasteiger charge is -2.43. The van der Waals surface area contributed by atoms with Crippen molar-refractivity contribution in [3.05, 3.63) is 96.6 Å². The van der Waals surface area contributed by atoms with Gasteiger partial charge in [0.05, 0.1) is 0 Å². The summed E-state index contributed by atoms with van der Waals surface area (Å²) in [6.07, 6.45) is -0.825. The number of hydrogen-bond acceptors (Lipinski definition) is 4. The summed E-state index contributed by atoms with van der Waals surface area (Å²) < 4.78 is 12.0. The topological polar surface area (TPSA) is 55.8 Å². The molecule has 3 aromatic carbocycles. The minimum absolute atomic E-state index is 0.0492. The Balaban J connectivity index is 2.03. The molecule has 6 heteroatoms. The van der Waals surface area contributed by atoms with Gasteiger partial charge in [0.15, 0.2) is 0 Å². The van der Waals surface area contributed by atoms with E-state index in [1.807, 2.05) is 91.0 Å². The molecule has 0 heterocycles. The van der Waals surface area contributed by atoms with E-state index < -0.39 is 25.4 Å². The second kappa shape index (κ2) is 9.93. The Bertz CT molecular complexity index is 994. The number of benzene rings is 3. The van der Waals surface area contributed by atoms with Crippen molar-refractivity contribution in [1.82, 2.24) is 5.06 Å². The van der Waals surface area contributed by atoms with Crippen molar-refractivity contribution in [2.75, 3.05) is 0 Å². The minimum Gasteiger partial charge on any atom is -0.443 e. The van der Waals surface area contributed by atoms with Crippen LogP contribution in [0.25, 0.3) is 0 Å². The summed E-state index contributed by atoms with van der Waals surface area (Å²) in [4.78, 5) is 25.6. The highest BCUT2D eigenvalue weighted by Crippen LogP contribution is 2.37. The summed E-state index contributed by atoms with van der Waals surface area (Å²) in [5.41, 5.74) is 0.829. The second-order valence-electron chi connectivity index (χ2n) is 8.61. The molecule has 0 saturated carbocycles. The van der Waals surface area contributed by atoms with Gasteiger partial charge in [0, 0.05) is 6.92 Å². The number of carbonyl (C=O) groups is 2. The van der Waals surface area contributed by atoms with Crippen molar-refractivity contribution in [3.8, 4) is 0 Å². The zero-order valence-corrected chi connectivity index (χ0v) is 19.9. The maximum absolute atomic E-state index is 13.0. The highest BCUT2D eigenvalue weighted by Gasteiger charge is 2.53. The lowest BCUT2D eigenvalue weighted by atomic mass is 10.2. The third-order valence-electron chi connectivity index (χ3n) is 5.30. The first-order valence-corrected chi connectivity index (χ1v) is 12.5. The Morgan fingerprint density at radius 3 is 1.62 bits per heavy atom. The standard InChI is InChI=1S/C26H29NO4Si/c1-21(28)27(25(29)30-20-22-14-8-5-9-15-22)31-32(26(2,3)4,23-16-10-6-11-17-23)24-18-12-7-13-19-24/h5-19H,20H2,1-4H3. The smallest absolute Gasteiger partial charge is 0.440 e. The number of nitrogens with zero attached hydrogens (tertiary/aromatic N) is 1. The van der Waals surface area contributed by atoms with Crippen molar-refractivity contribution in [3.63, 3.8) is 0 Å². The first kappa shape index (κ1) is 23.4. The van der Waals surface area contributed by atoms with Gasteiger partial charge in [0.2, 0.25) is 0 Å². The van der Waals surface area contributed by atoms with E-state index in [1.54, 1.807) is 0 Å². The molecule has 0 spiro atoms. The van der Waals surface area contributed by atoms with Gasteiger partial charge in [-0.2, -0.15) is 0 Å². The molecule has 3 aromatic rings. The SMILES string of the molecule is CC(=O)N(O[Si](c1ccccc1)(c1ccccc1)C(C)(C)C)C(=O)OCc1ccccc1. The van der Waals surface area contributed by atoms with Crippen LogP contribution in [-0.2, 0) is 20.7 Å². The zero-order valence-electron chi connectivity index (χ0n) is 18.9. The molecule has 0 radical (unpaired) electrons. The maximum Gasteiger partial charge on any atom is 0.440 e. The van der Waals surface area contributed by atoms with E-state index in [4.69, 9.17) is 9.26 Å². The summed E-state index contributed by atoms with van der Waals surface area (Å²) in [7, 11) is -3.14. The monoisotopic (exact) mass is 447 g/mol. The molecule has 0 fully saturated rings. The molecular weight excluding hydrogens is 418 g/mol. The van der Waals surface area contributed by atoms with Crippen molar-refractivity contribution in [2.45, 2.75) is 39.3 Å². The van der Waals surface area contributed by atoms with E-state index in [1.165, 1.54) is 6.92 Å². The summed E-state index contributed by atoms with van der Waals surface area (Å²) in [6.45, 7) is 7.58. The average Bonchev–Trinajstić information content (AvgIpc) is 2.79. The van der Waals surface area contributed by atoms with Crippen molar-refractivity contribution < 1.29 is 18.9 Å². The van der Waals surface area contributed by atoms with Crippen LogP contribution in [0.1, 0.15) is 33.3 Å².